The molecule has 7 aromatic rings. The summed E-state index contributed by atoms with van der Waals surface area (Å²) in [5, 5.41) is 6.41. The maximum Gasteiger partial charge on any atom is 0.187 e. The minimum absolute atomic E-state index is 0.161. The van der Waals surface area contributed by atoms with Crippen molar-refractivity contribution in [2.75, 3.05) is 29.2 Å². The Morgan fingerprint density at radius 2 is 1.25 bits per heavy atom. The zero-order chi connectivity index (χ0) is 34.3. The smallest absolute Gasteiger partial charge is 0.187 e. The monoisotopic (exact) mass is 662 g/mol. The van der Waals surface area contributed by atoms with Crippen LogP contribution in [0.15, 0.2) is 163 Å². The van der Waals surface area contributed by atoms with Crippen molar-refractivity contribution in [3.8, 4) is 0 Å². The van der Waals surface area contributed by atoms with Crippen molar-refractivity contribution >= 4 is 50.3 Å². The van der Waals surface area contributed by atoms with E-state index in [1.54, 1.807) is 0 Å². The topological polar surface area (TPSA) is 39.0 Å². The largest absolute Gasteiger partial charge is 0.357 e. The molecule has 51 heavy (non-hydrogen) atoms. The van der Waals surface area contributed by atoms with Crippen LogP contribution in [0, 0.1) is 0 Å². The average molecular weight is 663 g/mol. The molecular formula is C45H38N6. The zero-order valence-electron chi connectivity index (χ0n) is 28.9. The highest BCUT2D eigenvalue weighted by atomic mass is 15.6. The first-order valence-electron chi connectivity index (χ1n) is 17.7. The second kappa shape index (κ2) is 11.1. The number of hydrogen-bond acceptors (Lipinski definition) is 5. The Morgan fingerprint density at radius 1 is 0.608 bits per heavy atom. The Morgan fingerprint density at radius 3 is 2.06 bits per heavy atom. The van der Waals surface area contributed by atoms with Gasteiger partial charge < -0.3 is 24.6 Å². The summed E-state index contributed by atoms with van der Waals surface area (Å²) in [6.07, 6.45) is 1.84. The third kappa shape index (κ3) is 4.32. The standard InChI is InChI=1S/C45H38N6/c1-45-35-21-11-14-24-39(35)49(3)44(51(45)40-25-15-12-22-36(40)47-45)50-38-23-13-10-20-33(38)34-27-26-32(28-42(34)50)43-46-37(30-16-6-4-7-17-30)29-41(48(43)2)31-18-8-5-9-19-31/h4-29,43-44,47H,1-3H3. The molecule has 0 radical (unpaired) electrons. The first kappa shape index (κ1) is 29.6. The van der Waals surface area contributed by atoms with Crippen molar-refractivity contribution in [3.05, 3.63) is 180 Å². The van der Waals surface area contributed by atoms with Crippen LogP contribution in [0.5, 0.6) is 0 Å². The molecule has 3 aliphatic rings. The number of aromatic nitrogens is 1. The van der Waals surface area contributed by atoms with Crippen molar-refractivity contribution in [2.24, 2.45) is 4.99 Å². The predicted molar refractivity (Wildman–Crippen MR) is 211 cm³/mol. The van der Waals surface area contributed by atoms with Gasteiger partial charge in [0.15, 0.2) is 6.29 Å². The highest BCUT2D eigenvalue weighted by molar-refractivity contribution is 6.13. The van der Waals surface area contributed by atoms with Crippen molar-refractivity contribution < 1.29 is 0 Å². The molecule has 0 aliphatic carbocycles. The van der Waals surface area contributed by atoms with Crippen molar-refractivity contribution in [1.82, 2.24) is 9.47 Å². The van der Waals surface area contributed by atoms with Gasteiger partial charge in [-0.1, -0.05) is 121 Å². The second-order valence-electron chi connectivity index (χ2n) is 14.0. The Hall–Kier alpha value is -6.27. The Bertz CT molecular complexity index is 2530. The summed E-state index contributed by atoms with van der Waals surface area (Å²) in [4.78, 5) is 12.8. The Kier molecular flexibility index (Phi) is 6.46. The van der Waals surface area contributed by atoms with E-state index in [0.29, 0.717) is 0 Å². The number of aliphatic imine (C=N–C) groups is 1. The maximum absolute atomic E-state index is 5.45. The van der Waals surface area contributed by atoms with Crippen molar-refractivity contribution in [3.63, 3.8) is 0 Å². The van der Waals surface area contributed by atoms with Crippen LogP contribution in [0.3, 0.4) is 0 Å². The molecule has 248 valence electrons. The van der Waals surface area contributed by atoms with Gasteiger partial charge in [-0.3, -0.25) is 4.99 Å². The van der Waals surface area contributed by atoms with Gasteiger partial charge in [0.1, 0.15) is 11.8 Å². The van der Waals surface area contributed by atoms with Gasteiger partial charge in [0.05, 0.1) is 28.1 Å². The van der Waals surface area contributed by atoms with Crippen LogP contribution in [-0.4, -0.2) is 29.3 Å². The molecule has 3 atom stereocenters. The summed E-state index contributed by atoms with van der Waals surface area (Å²) in [5.74, 6) is 0. The van der Waals surface area contributed by atoms with E-state index in [1.165, 1.54) is 44.3 Å². The first-order valence-corrected chi connectivity index (χ1v) is 17.7. The minimum atomic E-state index is -0.458. The third-order valence-electron chi connectivity index (χ3n) is 11.1. The van der Waals surface area contributed by atoms with Crippen LogP contribution < -0.4 is 15.1 Å². The van der Waals surface area contributed by atoms with Crippen molar-refractivity contribution in [2.45, 2.75) is 25.0 Å². The molecule has 6 aromatic carbocycles. The van der Waals surface area contributed by atoms with E-state index < -0.39 is 5.66 Å². The lowest BCUT2D eigenvalue weighted by Crippen LogP contribution is -2.58. The summed E-state index contributed by atoms with van der Waals surface area (Å²) in [5.41, 5.74) is 12.3. The number of hydrogen-bond donors (Lipinski definition) is 1. The molecule has 0 amide bonds. The van der Waals surface area contributed by atoms with Gasteiger partial charge >= 0.3 is 0 Å². The zero-order valence-corrected chi connectivity index (χ0v) is 28.9. The molecule has 0 saturated carbocycles. The van der Waals surface area contributed by atoms with Gasteiger partial charge in [0.2, 0.25) is 0 Å². The molecule has 0 bridgehead atoms. The van der Waals surface area contributed by atoms with Crippen LogP contribution in [0.1, 0.15) is 41.6 Å². The molecule has 6 heteroatoms. The molecule has 10 rings (SSSR count). The first-order chi connectivity index (χ1) is 25.0. The van der Waals surface area contributed by atoms with Crippen LogP contribution in [0.4, 0.5) is 17.1 Å². The van der Waals surface area contributed by atoms with Gasteiger partial charge in [-0.15, -0.1) is 0 Å². The number of nitrogens with zero attached hydrogens (tertiary/aromatic N) is 5. The SMILES string of the molecule is CN1C(c2ccccc2)=CC(c2ccccc2)=NC1c1ccc2c3ccccc3n(C3N(C)c4ccccc4C4(C)Nc5ccccc5N34)c2c1. The Balaban J connectivity index is 1.20. The molecule has 0 saturated heterocycles. The Labute approximate surface area is 298 Å². The van der Waals surface area contributed by atoms with E-state index in [9.17, 15) is 0 Å². The molecule has 4 heterocycles. The summed E-state index contributed by atoms with van der Waals surface area (Å²) in [6, 6.07) is 54.5. The van der Waals surface area contributed by atoms with E-state index in [1.807, 2.05) is 0 Å². The van der Waals surface area contributed by atoms with Gasteiger partial charge in [-0.05, 0) is 60.0 Å². The number of rotatable bonds is 4. The normalized spacial score (nSPS) is 20.8. The third-order valence-corrected chi connectivity index (χ3v) is 11.1. The van der Waals surface area contributed by atoms with Crippen LogP contribution >= 0.6 is 0 Å². The summed E-state index contributed by atoms with van der Waals surface area (Å²) in [6.45, 7) is 2.32. The number of allylic oxidation sites excluding steroid dienone is 1. The van der Waals surface area contributed by atoms with Crippen LogP contribution in [0.25, 0.3) is 27.5 Å². The number of fused-ring (bicyclic) bond motifs is 8. The second-order valence-corrected chi connectivity index (χ2v) is 14.0. The molecule has 0 spiro atoms. The lowest BCUT2D eigenvalue weighted by Gasteiger charge is -2.52. The van der Waals surface area contributed by atoms with E-state index in [4.69, 9.17) is 4.99 Å². The van der Waals surface area contributed by atoms with Gasteiger partial charge in [-0.2, -0.15) is 0 Å². The number of benzene rings is 6. The van der Waals surface area contributed by atoms with E-state index in [-0.39, 0.29) is 12.5 Å². The molecule has 3 aliphatic heterocycles. The molecule has 3 unspecified atom stereocenters. The fourth-order valence-corrected chi connectivity index (χ4v) is 8.69. The molecule has 1 aromatic heterocycles. The fourth-order valence-electron chi connectivity index (χ4n) is 8.69. The highest BCUT2D eigenvalue weighted by Gasteiger charge is 2.51. The van der Waals surface area contributed by atoms with Crippen LogP contribution in [-0.2, 0) is 5.66 Å². The van der Waals surface area contributed by atoms with Gasteiger partial charge in [0, 0.05) is 41.8 Å². The number of para-hydroxylation sites is 4. The molecule has 1 N–H and O–H groups in total. The van der Waals surface area contributed by atoms with E-state index in [2.05, 4.69) is 203 Å². The van der Waals surface area contributed by atoms with E-state index in [0.717, 1.165) is 28.2 Å². The summed E-state index contributed by atoms with van der Waals surface area (Å²) in [7, 11) is 4.40. The fraction of sp³-hybridized carbons (Fsp3) is 0.133. The lowest BCUT2D eigenvalue weighted by atomic mass is 9.94. The predicted octanol–water partition coefficient (Wildman–Crippen LogP) is 9.98. The quantitative estimate of drug-likeness (QED) is 0.204. The van der Waals surface area contributed by atoms with Gasteiger partial charge in [-0.25, -0.2) is 0 Å². The summed E-state index contributed by atoms with van der Waals surface area (Å²) >= 11 is 0. The van der Waals surface area contributed by atoms with E-state index >= 15 is 0 Å². The highest BCUT2D eigenvalue weighted by Crippen LogP contribution is 2.55. The van der Waals surface area contributed by atoms with Crippen molar-refractivity contribution in [1.29, 1.82) is 0 Å². The molecule has 0 fully saturated rings. The number of nitrogens with one attached hydrogen (secondary N) is 1. The number of anilines is 3. The van der Waals surface area contributed by atoms with Gasteiger partial charge in [0.25, 0.3) is 0 Å². The average Bonchev–Trinajstić information content (AvgIpc) is 3.68. The maximum atomic E-state index is 5.45. The molecular weight excluding hydrogens is 625 g/mol. The summed E-state index contributed by atoms with van der Waals surface area (Å²) < 4.78 is 2.55. The minimum Gasteiger partial charge on any atom is -0.357 e. The lowest BCUT2D eigenvalue weighted by molar-refractivity contribution is 0.360. The van der Waals surface area contributed by atoms with Crippen LogP contribution in [0.2, 0.25) is 0 Å². The molecule has 6 nitrogen and oxygen atoms in total.